The average molecular weight is 478 g/mol. The van der Waals surface area contributed by atoms with E-state index in [2.05, 4.69) is 12.1 Å². The average Bonchev–Trinajstić information content (AvgIpc) is 3.35. The Bertz CT molecular complexity index is 1340. The molecule has 5 nitrogen and oxygen atoms in total. The van der Waals surface area contributed by atoms with Crippen molar-refractivity contribution in [2.75, 3.05) is 6.61 Å². The Labute approximate surface area is 210 Å². The SMILES string of the molecule is O=C(O)COc1ccc(CN(C(=O)c2ccccc2-c2ccccc2)C2Cc3ccccc3C2)cc1. The second-order valence-corrected chi connectivity index (χ2v) is 9.00. The number of amides is 1. The van der Waals surface area contributed by atoms with E-state index in [0.29, 0.717) is 17.9 Å². The normalized spacial score (nSPS) is 12.7. The lowest BCUT2D eigenvalue weighted by Gasteiger charge is -2.30. The second kappa shape index (κ2) is 10.5. The van der Waals surface area contributed by atoms with Crippen LogP contribution in [0.1, 0.15) is 27.0 Å². The molecule has 5 heteroatoms. The Morgan fingerprint density at radius 2 is 1.39 bits per heavy atom. The summed E-state index contributed by atoms with van der Waals surface area (Å²) in [6, 6.07) is 33.5. The summed E-state index contributed by atoms with van der Waals surface area (Å²) < 4.78 is 5.27. The van der Waals surface area contributed by atoms with E-state index in [-0.39, 0.29) is 18.6 Å². The van der Waals surface area contributed by atoms with Gasteiger partial charge in [-0.25, -0.2) is 4.79 Å². The molecule has 1 aliphatic rings. The molecule has 4 aromatic carbocycles. The summed E-state index contributed by atoms with van der Waals surface area (Å²) in [6.45, 7) is 0.0559. The molecule has 0 bridgehead atoms. The smallest absolute Gasteiger partial charge is 0.341 e. The van der Waals surface area contributed by atoms with Crippen LogP contribution in [0.5, 0.6) is 5.75 Å². The molecular weight excluding hydrogens is 450 g/mol. The third kappa shape index (κ3) is 5.15. The first kappa shape index (κ1) is 23.4. The quantitative estimate of drug-likeness (QED) is 0.357. The van der Waals surface area contributed by atoms with Crippen LogP contribution in [0, 0.1) is 0 Å². The van der Waals surface area contributed by atoms with Gasteiger partial charge in [-0.3, -0.25) is 4.79 Å². The van der Waals surface area contributed by atoms with Crippen LogP contribution in [0.4, 0.5) is 0 Å². The van der Waals surface area contributed by atoms with E-state index >= 15 is 0 Å². The van der Waals surface area contributed by atoms with Crippen molar-refractivity contribution in [3.8, 4) is 16.9 Å². The van der Waals surface area contributed by atoms with Gasteiger partial charge in [0.25, 0.3) is 5.91 Å². The molecule has 5 rings (SSSR count). The van der Waals surface area contributed by atoms with E-state index in [1.807, 2.05) is 83.8 Å². The predicted octanol–water partition coefficient (Wildman–Crippen LogP) is 5.63. The topological polar surface area (TPSA) is 66.8 Å². The molecule has 36 heavy (non-hydrogen) atoms. The first-order valence-corrected chi connectivity index (χ1v) is 12.0. The molecule has 4 aromatic rings. The fraction of sp³-hybridized carbons (Fsp3) is 0.161. The fourth-order valence-electron chi connectivity index (χ4n) is 4.85. The third-order valence-corrected chi connectivity index (χ3v) is 6.61. The van der Waals surface area contributed by atoms with Crippen LogP contribution in [0.2, 0.25) is 0 Å². The van der Waals surface area contributed by atoms with E-state index in [4.69, 9.17) is 9.84 Å². The van der Waals surface area contributed by atoms with Gasteiger partial charge in [-0.1, -0.05) is 84.9 Å². The summed E-state index contributed by atoms with van der Waals surface area (Å²) in [5.41, 5.74) is 6.14. The molecule has 0 radical (unpaired) electrons. The third-order valence-electron chi connectivity index (χ3n) is 6.61. The van der Waals surface area contributed by atoms with Gasteiger partial charge < -0.3 is 14.7 Å². The van der Waals surface area contributed by atoms with Crippen molar-refractivity contribution >= 4 is 11.9 Å². The Hall–Kier alpha value is -4.38. The largest absolute Gasteiger partial charge is 0.482 e. The summed E-state index contributed by atoms with van der Waals surface area (Å²) in [6.07, 6.45) is 1.63. The Morgan fingerprint density at radius 1 is 0.778 bits per heavy atom. The Morgan fingerprint density at radius 3 is 2.06 bits per heavy atom. The van der Waals surface area contributed by atoms with E-state index in [9.17, 15) is 9.59 Å². The molecular formula is C31H27NO4. The molecule has 0 aliphatic heterocycles. The van der Waals surface area contributed by atoms with Crippen molar-refractivity contribution in [2.24, 2.45) is 0 Å². The summed E-state index contributed by atoms with van der Waals surface area (Å²) in [4.78, 5) is 26.9. The van der Waals surface area contributed by atoms with Gasteiger partial charge in [0.15, 0.2) is 6.61 Å². The zero-order valence-corrected chi connectivity index (χ0v) is 19.8. The second-order valence-electron chi connectivity index (χ2n) is 9.00. The summed E-state index contributed by atoms with van der Waals surface area (Å²) >= 11 is 0. The highest BCUT2D eigenvalue weighted by Crippen LogP contribution is 2.31. The van der Waals surface area contributed by atoms with Crippen molar-refractivity contribution in [1.82, 2.24) is 4.90 Å². The lowest BCUT2D eigenvalue weighted by atomic mass is 9.98. The van der Waals surface area contributed by atoms with Gasteiger partial charge in [0.05, 0.1) is 0 Å². The van der Waals surface area contributed by atoms with Gasteiger partial charge >= 0.3 is 5.97 Å². The van der Waals surface area contributed by atoms with Crippen molar-refractivity contribution in [1.29, 1.82) is 0 Å². The van der Waals surface area contributed by atoms with Gasteiger partial charge in [-0.15, -0.1) is 0 Å². The number of aliphatic carboxylic acids is 1. The van der Waals surface area contributed by atoms with Crippen LogP contribution in [0.15, 0.2) is 103 Å². The van der Waals surface area contributed by atoms with E-state index in [1.165, 1.54) is 11.1 Å². The molecule has 0 unspecified atom stereocenters. The fourth-order valence-corrected chi connectivity index (χ4v) is 4.85. The van der Waals surface area contributed by atoms with E-state index < -0.39 is 5.97 Å². The maximum Gasteiger partial charge on any atom is 0.341 e. The first-order valence-electron chi connectivity index (χ1n) is 12.0. The number of carbonyl (C=O) groups excluding carboxylic acids is 1. The Kier molecular flexibility index (Phi) is 6.80. The highest BCUT2D eigenvalue weighted by Gasteiger charge is 2.31. The van der Waals surface area contributed by atoms with Crippen molar-refractivity contribution in [3.63, 3.8) is 0 Å². The number of carboxylic acid groups (broad SMARTS) is 1. The molecule has 0 spiro atoms. The predicted molar refractivity (Wildman–Crippen MR) is 139 cm³/mol. The summed E-state index contributed by atoms with van der Waals surface area (Å²) in [5.74, 6) is -0.533. The van der Waals surface area contributed by atoms with Crippen molar-refractivity contribution in [3.05, 3.63) is 125 Å². The molecule has 0 saturated carbocycles. The van der Waals surface area contributed by atoms with Crippen LogP contribution in [0.25, 0.3) is 11.1 Å². The lowest BCUT2D eigenvalue weighted by Crippen LogP contribution is -2.40. The minimum Gasteiger partial charge on any atom is -0.482 e. The lowest BCUT2D eigenvalue weighted by molar-refractivity contribution is -0.139. The molecule has 180 valence electrons. The number of benzene rings is 4. The number of hydrogen-bond acceptors (Lipinski definition) is 3. The van der Waals surface area contributed by atoms with Gasteiger partial charge in [0.2, 0.25) is 0 Å². The number of carboxylic acids is 1. The first-order chi connectivity index (χ1) is 17.6. The van der Waals surface area contributed by atoms with Crippen LogP contribution in [-0.4, -0.2) is 34.5 Å². The number of fused-ring (bicyclic) bond motifs is 1. The van der Waals surface area contributed by atoms with Crippen LogP contribution in [0.3, 0.4) is 0 Å². The van der Waals surface area contributed by atoms with Gasteiger partial charge in [0, 0.05) is 18.2 Å². The van der Waals surface area contributed by atoms with Crippen molar-refractivity contribution < 1.29 is 19.4 Å². The van der Waals surface area contributed by atoms with Crippen molar-refractivity contribution in [2.45, 2.75) is 25.4 Å². The number of ether oxygens (including phenoxy) is 1. The Balaban J connectivity index is 1.46. The molecule has 0 atom stereocenters. The standard InChI is InChI=1S/C31H27NO4/c33-30(34)21-36-27-16-14-22(15-17-27)20-32(26-18-24-10-4-5-11-25(24)19-26)31(35)29-13-7-6-12-28(29)23-8-2-1-3-9-23/h1-17,26H,18-21H2,(H,33,34). The van der Waals surface area contributed by atoms with Gasteiger partial charge in [0.1, 0.15) is 5.75 Å². The molecule has 0 fully saturated rings. The number of carbonyl (C=O) groups is 2. The summed E-state index contributed by atoms with van der Waals surface area (Å²) in [7, 11) is 0. The van der Waals surface area contributed by atoms with Gasteiger partial charge in [-0.2, -0.15) is 0 Å². The van der Waals surface area contributed by atoms with Crippen LogP contribution < -0.4 is 4.74 Å². The minimum absolute atomic E-state index is 0.00142. The highest BCUT2D eigenvalue weighted by molar-refractivity contribution is 6.01. The number of rotatable bonds is 8. The number of hydrogen-bond donors (Lipinski definition) is 1. The molecule has 1 N–H and O–H groups in total. The highest BCUT2D eigenvalue weighted by atomic mass is 16.5. The molecule has 0 heterocycles. The minimum atomic E-state index is -1.02. The van der Waals surface area contributed by atoms with Gasteiger partial charge in [-0.05, 0) is 58.9 Å². The zero-order chi connectivity index (χ0) is 24.9. The summed E-state index contributed by atoms with van der Waals surface area (Å²) in [5, 5.41) is 8.85. The van der Waals surface area contributed by atoms with Crippen LogP contribution in [-0.2, 0) is 24.2 Å². The molecule has 0 aromatic heterocycles. The van der Waals surface area contributed by atoms with E-state index in [0.717, 1.165) is 29.5 Å². The maximum absolute atomic E-state index is 14.2. The van der Waals surface area contributed by atoms with E-state index in [1.54, 1.807) is 12.1 Å². The molecule has 1 aliphatic carbocycles. The number of nitrogens with zero attached hydrogens (tertiary/aromatic N) is 1. The molecule has 0 saturated heterocycles. The zero-order valence-electron chi connectivity index (χ0n) is 19.8. The van der Waals surface area contributed by atoms with Crippen LogP contribution >= 0.6 is 0 Å². The maximum atomic E-state index is 14.2. The monoisotopic (exact) mass is 477 g/mol. The molecule has 1 amide bonds.